The number of rotatable bonds is 3. The topological polar surface area (TPSA) is 63.3 Å². The first-order valence-corrected chi connectivity index (χ1v) is 4.48. The van der Waals surface area contributed by atoms with Crippen LogP contribution in [0.25, 0.3) is 0 Å². The summed E-state index contributed by atoms with van der Waals surface area (Å²) >= 11 is 0. The lowest BCUT2D eigenvalue weighted by Crippen LogP contribution is -2.47. The van der Waals surface area contributed by atoms with Crippen molar-refractivity contribution in [1.82, 2.24) is 0 Å². The van der Waals surface area contributed by atoms with Crippen LogP contribution in [0.1, 0.15) is 11.1 Å². The molecule has 1 unspecified atom stereocenters. The molecule has 1 rings (SSSR count). The van der Waals surface area contributed by atoms with Gasteiger partial charge in [0.1, 0.15) is 6.67 Å². The van der Waals surface area contributed by atoms with Crippen molar-refractivity contribution in [2.75, 3.05) is 6.67 Å². The van der Waals surface area contributed by atoms with Crippen molar-refractivity contribution in [1.29, 1.82) is 0 Å². The molecule has 1 atom stereocenters. The molecule has 0 aliphatic carbocycles. The van der Waals surface area contributed by atoms with Crippen LogP contribution in [0.3, 0.4) is 0 Å². The summed E-state index contributed by atoms with van der Waals surface area (Å²) in [4.78, 5) is 10.7. The molecule has 0 aliphatic rings. The molecule has 1 aromatic rings. The second-order valence-corrected chi connectivity index (χ2v) is 3.49. The smallest absolute Gasteiger partial charge is 0.416 e. The fraction of sp³-hybridized carbons (Fsp3) is 0.300. The number of alkyl halides is 4. The number of benzene rings is 1. The molecule has 0 saturated carbocycles. The van der Waals surface area contributed by atoms with Gasteiger partial charge in [-0.15, -0.1) is 0 Å². The normalized spacial score (nSPS) is 15.4. The Morgan fingerprint density at radius 2 is 1.59 bits per heavy atom. The molecule has 7 heteroatoms. The van der Waals surface area contributed by atoms with Gasteiger partial charge in [-0.1, -0.05) is 12.1 Å². The molecule has 0 fully saturated rings. The van der Waals surface area contributed by atoms with Gasteiger partial charge in [0.15, 0.2) is 5.54 Å². The van der Waals surface area contributed by atoms with Crippen molar-refractivity contribution >= 4 is 5.97 Å². The predicted molar refractivity (Wildman–Crippen MR) is 50.9 cm³/mol. The van der Waals surface area contributed by atoms with E-state index in [-0.39, 0.29) is 5.56 Å². The molecule has 3 nitrogen and oxygen atoms in total. The van der Waals surface area contributed by atoms with E-state index in [9.17, 15) is 22.4 Å². The van der Waals surface area contributed by atoms with Crippen LogP contribution in [0, 0.1) is 0 Å². The second-order valence-electron chi connectivity index (χ2n) is 3.49. The Labute approximate surface area is 93.8 Å². The third-order valence-electron chi connectivity index (χ3n) is 2.32. The van der Waals surface area contributed by atoms with Crippen LogP contribution in [0.2, 0.25) is 0 Å². The summed E-state index contributed by atoms with van der Waals surface area (Å²) < 4.78 is 49.3. The van der Waals surface area contributed by atoms with Crippen LogP contribution in [0.5, 0.6) is 0 Å². The molecule has 0 amide bonds. The maximum absolute atomic E-state index is 12.6. The van der Waals surface area contributed by atoms with Crippen molar-refractivity contribution in [2.24, 2.45) is 5.73 Å². The number of nitrogens with two attached hydrogens (primary N) is 1. The van der Waals surface area contributed by atoms with Gasteiger partial charge in [0.25, 0.3) is 0 Å². The van der Waals surface area contributed by atoms with Gasteiger partial charge in [0.2, 0.25) is 0 Å². The van der Waals surface area contributed by atoms with E-state index in [4.69, 9.17) is 10.8 Å². The van der Waals surface area contributed by atoms with E-state index in [0.717, 1.165) is 12.1 Å². The maximum atomic E-state index is 12.6. The number of hydrogen-bond acceptors (Lipinski definition) is 2. The van der Waals surface area contributed by atoms with E-state index in [1.54, 1.807) is 0 Å². The Morgan fingerprint density at radius 1 is 1.18 bits per heavy atom. The number of carboxylic acid groups (broad SMARTS) is 1. The Hall–Kier alpha value is -1.63. The average Bonchev–Trinajstić information content (AvgIpc) is 2.26. The van der Waals surface area contributed by atoms with Crippen LogP contribution in [0.15, 0.2) is 24.3 Å². The molecule has 17 heavy (non-hydrogen) atoms. The second kappa shape index (κ2) is 4.33. The third-order valence-corrected chi connectivity index (χ3v) is 2.32. The van der Waals surface area contributed by atoms with Gasteiger partial charge in [-0.2, -0.15) is 13.2 Å². The SMILES string of the molecule is NC(CF)(C(=O)O)c1ccc(C(F)(F)F)cc1. The van der Waals surface area contributed by atoms with E-state index < -0.39 is 29.9 Å². The molecule has 1 aromatic carbocycles. The Balaban J connectivity index is 3.14. The fourth-order valence-corrected chi connectivity index (χ4v) is 1.21. The highest BCUT2D eigenvalue weighted by Gasteiger charge is 2.37. The monoisotopic (exact) mass is 251 g/mol. The van der Waals surface area contributed by atoms with Crippen LogP contribution >= 0.6 is 0 Å². The molecule has 0 heterocycles. The fourth-order valence-electron chi connectivity index (χ4n) is 1.21. The molecule has 0 spiro atoms. The minimum absolute atomic E-state index is 0.222. The minimum atomic E-state index is -4.53. The van der Waals surface area contributed by atoms with Gasteiger partial charge in [-0.05, 0) is 17.7 Å². The Kier molecular flexibility index (Phi) is 3.42. The van der Waals surface area contributed by atoms with Gasteiger partial charge in [0, 0.05) is 0 Å². The molecule has 0 aromatic heterocycles. The standard InChI is InChI=1S/C10H9F4NO2/c11-5-9(15,8(16)17)6-1-3-7(4-2-6)10(12,13)14/h1-4H,5,15H2,(H,16,17). The summed E-state index contributed by atoms with van der Waals surface area (Å²) in [5, 5.41) is 8.73. The lowest BCUT2D eigenvalue weighted by Gasteiger charge is -2.21. The number of carbonyl (C=O) groups is 1. The molecular formula is C10H9F4NO2. The number of carboxylic acids is 1. The quantitative estimate of drug-likeness (QED) is 0.806. The number of hydrogen-bond donors (Lipinski definition) is 2. The van der Waals surface area contributed by atoms with Crippen molar-refractivity contribution in [3.05, 3.63) is 35.4 Å². The lowest BCUT2D eigenvalue weighted by atomic mass is 9.92. The van der Waals surface area contributed by atoms with Crippen LogP contribution in [0.4, 0.5) is 17.6 Å². The first kappa shape index (κ1) is 13.4. The summed E-state index contributed by atoms with van der Waals surface area (Å²) in [5.74, 6) is -1.64. The van der Waals surface area contributed by atoms with Crippen molar-refractivity contribution in [3.8, 4) is 0 Å². The van der Waals surface area contributed by atoms with Gasteiger partial charge in [-0.25, -0.2) is 9.18 Å². The molecule has 0 bridgehead atoms. The van der Waals surface area contributed by atoms with Crippen molar-refractivity contribution < 1.29 is 27.5 Å². The Bertz CT molecular complexity index is 415. The summed E-state index contributed by atoms with van der Waals surface area (Å²) in [7, 11) is 0. The third kappa shape index (κ3) is 2.55. The average molecular weight is 251 g/mol. The van der Waals surface area contributed by atoms with Crippen LogP contribution in [-0.4, -0.2) is 17.8 Å². The van der Waals surface area contributed by atoms with Gasteiger partial charge in [-0.3, -0.25) is 0 Å². The van der Waals surface area contributed by atoms with Gasteiger partial charge < -0.3 is 10.8 Å². The predicted octanol–water partition coefficient (Wildman–Crippen LogP) is 1.91. The first-order chi connectivity index (χ1) is 7.71. The highest BCUT2D eigenvalue weighted by Crippen LogP contribution is 2.30. The maximum Gasteiger partial charge on any atom is 0.416 e. The zero-order chi connectivity index (χ0) is 13.3. The van der Waals surface area contributed by atoms with Gasteiger partial charge >= 0.3 is 12.1 Å². The number of halogens is 4. The summed E-state index contributed by atoms with van der Waals surface area (Å²) in [6.07, 6.45) is -4.53. The van der Waals surface area contributed by atoms with Gasteiger partial charge in [0.05, 0.1) is 5.56 Å². The summed E-state index contributed by atoms with van der Waals surface area (Å²) in [5.41, 5.74) is 1.78. The molecular weight excluding hydrogens is 242 g/mol. The van der Waals surface area contributed by atoms with E-state index in [2.05, 4.69) is 0 Å². The first-order valence-electron chi connectivity index (χ1n) is 4.48. The van der Waals surface area contributed by atoms with Crippen molar-refractivity contribution in [2.45, 2.75) is 11.7 Å². The Morgan fingerprint density at radius 3 is 1.88 bits per heavy atom. The molecule has 0 saturated heterocycles. The van der Waals surface area contributed by atoms with E-state index in [1.807, 2.05) is 0 Å². The zero-order valence-corrected chi connectivity index (χ0v) is 8.46. The molecule has 0 radical (unpaired) electrons. The van der Waals surface area contributed by atoms with E-state index in [0.29, 0.717) is 12.1 Å². The van der Waals surface area contributed by atoms with Crippen LogP contribution < -0.4 is 5.73 Å². The zero-order valence-electron chi connectivity index (χ0n) is 8.46. The summed E-state index contributed by atoms with van der Waals surface area (Å²) in [6.45, 7) is -1.41. The van der Waals surface area contributed by atoms with E-state index >= 15 is 0 Å². The number of aliphatic carboxylic acids is 1. The van der Waals surface area contributed by atoms with Crippen molar-refractivity contribution in [3.63, 3.8) is 0 Å². The lowest BCUT2D eigenvalue weighted by molar-refractivity contribution is -0.144. The molecule has 3 N–H and O–H groups in total. The minimum Gasteiger partial charge on any atom is -0.480 e. The largest absolute Gasteiger partial charge is 0.480 e. The highest BCUT2D eigenvalue weighted by molar-refractivity contribution is 5.80. The highest BCUT2D eigenvalue weighted by atomic mass is 19.4. The van der Waals surface area contributed by atoms with Crippen LogP contribution in [-0.2, 0) is 16.5 Å². The summed E-state index contributed by atoms with van der Waals surface area (Å²) in [6, 6.07) is 3.04. The molecule has 0 aliphatic heterocycles. The van der Waals surface area contributed by atoms with E-state index in [1.165, 1.54) is 0 Å². The molecule has 94 valence electrons.